The van der Waals surface area contributed by atoms with Gasteiger partial charge in [0.25, 0.3) is 0 Å². The van der Waals surface area contributed by atoms with Gasteiger partial charge in [0.15, 0.2) is 5.82 Å². The van der Waals surface area contributed by atoms with Crippen molar-refractivity contribution in [2.45, 2.75) is 38.0 Å². The van der Waals surface area contributed by atoms with E-state index in [9.17, 15) is 9.59 Å². The summed E-state index contributed by atoms with van der Waals surface area (Å²) in [6, 6.07) is -0.114. The van der Waals surface area contributed by atoms with Gasteiger partial charge in [-0.1, -0.05) is 0 Å². The van der Waals surface area contributed by atoms with Gasteiger partial charge in [0.2, 0.25) is 5.91 Å². The zero-order chi connectivity index (χ0) is 19.3. The van der Waals surface area contributed by atoms with E-state index in [1.165, 1.54) is 0 Å². The SMILES string of the molecule is COCCCn1cnnc1CNC(=O)N1CCC2(CC1)CN(C)C(=O)CO2. The number of aryl methyl sites for hydroxylation is 1. The molecular weight excluding hydrogens is 352 g/mol. The van der Waals surface area contributed by atoms with Gasteiger partial charge >= 0.3 is 6.03 Å². The molecule has 10 nitrogen and oxygen atoms in total. The third-order valence-corrected chi connectivity index (χ3v) is 5.26. The number of aromatic nitrogens is 3. The Labute approximate surface area is 158 Å². The number of ether oxygens (including phenoxy) is 2. The van der Waals surface area contributed by atoms with Crippen LogP contribution in [0.2, 0.25) is 0 Å². The highest BCUT2D eigenvalue weighted by atomic mass is 16.5. The van der Waals surface area contributed by atoms with E-state index in [0.29, 0.717) is 32.8 Å². The van der Waals surface area contributed by atoms with E-state index >= 15 is 0 Å². The van der Waals surface area contributed by atoms with E-state index in [0.717, 1.165) is 31.6 Å². The zero-order valence-corrected chi connectivity index (χ0v) is 16.0. The van der Waals surface area contributed by atoms with Crippen LogP contribution < -0.4 is 5.32 Å². The van der Waals surface area contributed by atoms with Crippen molar-refractivity contribution in [3.63, 3.8) is 0 Å². The minimum Gasteiger partial charge on any atom is -0.385 e. The molecule has 3 amide bonds. The highest BCUT2D eigenvalue weighted by Gasteiger charge is 2.41. The molecule has 150 valence electrons. The summed E-state index contributed by atoms with van der Waals surface area (Å²) in [7, 11) is 3.47. The molecule has 1 aromatic rings. The predicted octanol–water partition coefficient (Wildman–Crippen LogP) is -0.153. The lowest BCUT2D eigenvalue weighted by molar-refractivity contribution is -0.167. The van der Waals surface area contributed by atoms with Crippen LogP contribution in [-0.4, -0.2) is 89.1 Å². The number of nitrogens with one attached hydrogen (secondary N) is 1. The Bertz CT molecular complexity index is 656. The van der Waals surface area contributed by atoms with Crippen molar-refractivity contribution in [3.05, 3.63) is 12.2 Å². The van der Waals surface area contributed by atoms with Crippen molar-refractivity contribution in [1.82, 2.24) is 29.9 Å². The van der Waals surface area contributed by atoms with Crippen molar-refractivity contribution >= 4 is 11.9 Å². The van der Waals surface area contributed by atoms with Crippen LogP contribution in [0.5, 0.6) is 0 Å². The maximum atomic E-state index is 12.5. The number of carbonyl (C=O) groups is 2. The quantitative estimate of drug-likeness (QED) is 0.689. The first kappa shape index (κ1) is 19.6. The van der Waals surface area contributed by atoms with Crippen LogP contribution in [-0.2, 0) is 27.4 Å². The Morgan fingerprint density at radius 1 is 1.41 bits per heavy atom. The van der Waals surface area contributed by atoms with Crippen LogP contribution in [0.15, 0.2) is 6.33 Å². The Kier molecular flexibility index (Phi) is 6.27. The minimum atomic E-state index is -0.318. The fourth-order valence-corrected chi connectivity index (χ4v) is 3.56. The first-order chi connectivity index (χ1) is 13.0. The molecule has 27 heavy (non-hydrogen) atoms. The number of methoxy groups -OCH3 is 1. The topological polar surface area (TPSA) is 102 Å². The van der Waals surface area contributed by atoms with Crippen molar-refractivity contribution in [3.8, 4) is 0 Å². The molecule has 3 heterocycles. The van der Waals surface area contributed by atoms with Crippen molar-refractivity contribution in [1.29, 1.82) is 0 Å². The number of amides is 3. The maximum absolute atomic E-state index is 12.5. The molecule has 0 bridgehead atoms. The summed E-state index contributed by atoms with van der Waals surface area (Å²) in [6.07, 6.45) is 3.98. The largest absolute Gasteiger partial charge is 0.385 e. The minimum absolute atomic E-state index is 0.00964. The van der Waals surface area contributed by atoms with E-state index in [2.05, 4.69) is 15.5 Å². The third kappa shape index (κ3) is 4.75. The maximum Gasteiger partial charge on any atom is 0.317 e. The Balaban J connectivity index is 1.45. The standard InChI is InChI=1S/C17H28N6O4/c1-21-12-17(27-11-15(21)24)4-7-22(8-5-17)16(25)18-10-14-20-19-13-23(14)6-3-9-26-2/h13H,3-12H2,1-2H3,(H,18,25). The molecule has 0 aromatic carbocycles. The van der Waals surface area contributed by atoms with Gasteiger partial charge in [-0.25, -0.2) is 4.79 Å². The second-order valence-corrected chi connectivity index (χ2v) is 7.15. The number of nitrogens with zero attached hydrogens (tertiary/aromatic N) is 5. The number of carbonyl (C=O) groups excluding carboxylic acids is 2. The third-order valence-electron chi connectivity index (χ3n) is 5.26. The number of likely N-dealkylation sites (N-methyl/N-ethyl adjacent to an activating group) is 1. The summed E-state index contributed by atoms with van der Waals surface area (Å²) >= 11 is 0. The summed E-state index contributed by atoms with van der Waals surface area (Å²) in [4.78, 5) is 27.6. The summed E-state index contributed by atoms with van der Waals surface area (Å²) in [6.45, 7) is 3.68. The van der Waals surface area contributed by atoms with Gasteiger partial charge in [0, 0.05) is 46.9 Å². The molecule has 2 aliphatic rings. The molecule has 0 atom stereocenters. The molecule has 2 saturated heterocycles. The summed E-state index contributed by atoms with van der Waals surface area (Å²) < 4.78 is 12.8. The van der Waals surface area contributed by atoms with Gasteiger partial charge in [0.05, 0.1) is 12.1 Å². The lowest BCUT2D eigenvalue weighted by Gasteiger charge is -2.46. The number of rotatable bonds is 6. The number of piperidine rings is 1. The highest BCUT2D eigenvalue weighted by molar-refractivity contribution is 5.78. The Morgan fingerprint density at radius 2 is 2.19 bits per heavy atom. The number of morpholine rings is 1. The molecule has 1 aromatic heterocycles. The molecule has 10 heteroatoms. The first-order valence-corrected chi connectivity index (χ1v) is 9.29. The molecule has 0 aliphatic carbocycles. The van der Waals surface area contributed by atoms with Crippen LogP contribution in [0.1, 0.15) is 25.1 Å². The van der Waals surface area contributed by atoms with E-state index in [1.807, 2.05) is 4.57 Å². The molecule has 2 aliphatic heterocycles. The van der Waals surface area contributed by atoms with Crippen molar-refractivity contribution in [2.24, 2.45) is 0 Å². The van der Waals surface area contributed by atoms with Gasteiger partial charge in [-0.15, -0.1) is 10.2 Å². The molecule has 1 spiro atoms. The van der Waals surface area contributed by atoms with Crippen LogP contribution in [0.4, 0.5) is 4.79 Å². The van der Waals surface area contributed by atoms with E-state index < -0.39 is 0 Å². The van der Waals surface area contributed by atoms with Gasteiger partial charge in [-0.2, -0.15) is 0 Å². The van der Waals surface area contributed by atoms with E-state index in [1.54, 1.807) is 30.3 Å². The van der Waals surface area contributed by atoms with Gasteiger partial charge in [-0.3, -0.25) is 4.79 Å². The molecule has 0 radical (unpaired) electrons. The smallest absolute Gasteiger partial charge is 0.317 e. The van der Waals surface area contributed by atoms with Crippen LogP contribution in [0, 0.1) is 0 Å². The van der Waals surface area contributed by atoms with Crippen molar-refractivity contribution in [2.75, 3.05) is 47.0 Å². The fourth-order valence-electron chi connectivity index (χ4n) is 3.56. The average molecular weight is 380 g/mol. The monoisotopic (exact) mass is 380 g/mol. The van der Waals surface area contributed by atoms with E-state index in [4.69, 9.17) is 9.47 Å². The van der Waals surface area contributed by atoms with Gasteiger partial charge in [-0.05, 0) is 19.3 Å². The molecule has 0 saturated carbocycles. The Morgan fingerprint density at radius 3 is 2.89 bits per heavy atom. The number of likely N-dealkylation sites (tertiary alicyclic amines) is 1. The molecule has 2 fully saturated rings. The van der Waals surface area contributed by atoms with Gasteiger partial charge < -0.3 is 29.2 Å². The Hall–Kier alpha value is -2.20. The molecule has 0 unspecified atom stereocenters. The van der Waals surface area contributed by atoms with Crippen LogP contribution >= 0.6 is 0 Å². The zero-order valence-electron chi connectivity index (χ0n) is 16.0. The molecule has 1 N–H and O–H groups in total. The number of hydrogen-bond donors (Lipinski definition) is 1. The summed E-state index contributed by atoms with van der Waals surface area (Å²) in [5.74, 6) is 0.735. The van der Waals surface area contributed by atoms with Gasteiger partial charge in [0.1, 0.15) is 12.9 Å². The lowest BCUT2D eigenvalue weighted by atomic mass is 9.89. The molecular formula is C17H28N6O4. The average Bonchev–Trinajstić information content (AvgIpc) is 3.11. The summed E-state index contributed by atoms with van der Waals surface area (Å²) in [5.41, 5.74) is -0.318. The second kappa shape index (κ2) is 8.66. The second-order valence-electron chi connectivity index (χ2n) is 7.15. The van der Waals surface area contributed by atoms with Crippen molar-refractivity contribution < 1.29 is 19.1 Å². The normalized spacial score (nSPS) is 19.6. The predicted molar refractivity (Wildman–Crippen MR) is 95.9 cm³/mol. The van der Waals surface area contributed by atoms with Crippen LogP contribution in [0.25, 0.3) is 0 Å². The first-order valence-electron chi connectivity index (χ1n) is 9.29. The fraction of sp³-hybridized carbons (Fsp3) is 0.765. The summed E-state index contributed by atoms with van der Waals surface area (Å²) in [5, 5.41) is 10.9. The molecule has 3 rings (SSSR count). The van der Waals surface area contributed by atoms with E-state index in [-0.39, 0.29) is 24.1 Å². The lowest BCUT2D eigenvalue weighted by Crippen LogP contribution is -2.59. The highest BCUT2D eigenvalue weighted by Crippen LogP contribution is 2.29. The number of urea groups is 1. The van der Waals surface area contributed by atoms with Crippen LogP contribution in [0.3, 0.4) is 0 Å². The number of hydrogen-bond acceptors (Lipinski definition) is 6.